The van der Waals surface area contributed by atoms with Crippen LogP contribution in [0.3, 0.4) is 0 Å². The molecule has 3 nitrogen and oxygen atoms in total. The van der Waals surface area contributed by atoms with Crippen molar-refractivity contribution >= 4 is 5.97 Å². The van der Waals surface area contributed by atoms with Crippen molar-refractivity contribution in [2.24, 2.45) is 0 Å². The first kappa shape index (κ1) is 15.5. The van der Waals surface area contributed by atoms with Crippen molar-refractivity contribution < 1.29 is 15.0 Å². The highest BCUT2D eigenvalue weighted by molar-refractivity contribution is 5.72. The van der Waals surface area contributed by atoms with Crippen LogP contribution in [0.4, 0.5) is 0 Å². The van der Waals surface area contributed by atoms with E-state index in [0.717, 1.165) is 16.7 Å². The molecule has 0 aliphatic heterocycles. The second-order valence-electron chi connectivity index (χ2n) is 7.09. The van der Waals surface area contributed by atoms with Gasteiger partial charge in [0, 0.05) is 0 Å². The fraction of sp³-hybridized carbons (Fsp3) is 0.562. The van der Waals surface area contributed by atoms with Gasteiger partial charge in [-0.25, -0.2) is 0 Å². The topological polar surface area (TPSA) is 57.5 Å². The number of aromatic hydroxyl groups is 1. The molecule has 1 aromatic carbocycles. The summed E-state index contributed by atoms with van der Waals surface area (Å²) < 4.78 is 0. The smallest absolute Gasteiger partial charge is 0.307 e. The van der Waals surface area contributed by atoms with Gasteiger partial charge in [-0.15, -0.1) is 0 Å². The van der Waals surface area contributed by atoms with E-state index in [4.69, 9.17) is 5.11 Å². The average Bonchev–Trinajstić information content (AvgIpc) is 2.16. The number of carboxylic acid groups (broad SMARTS) is 1. The molecule has 0 aliphatic carbocycles. The monoisotopic (exact) mass is 264 g/mol. The van der Waals surface area contributed by atoms with Crippen molar-refractivity contribution in [2.75, 3.05) is 0 Å². The van der Waals surface area contributed by atoms with Crippen LogP contribution in [0, 0.1) is 0 Å². The maximum atomic E-state index is 11.1. The average molecular weight is 264 g/mol. The molecule has 0 amide bonds. The highest BCUT2D eigenvalue weighted by atomic mass is 16.4. The van der Waals surface area contributed by atoms with E-state index in [0.29, 0.717) is 0 Å². The second kappa shape index (κ2) is 4.87. The van der Waals surface area contributed by atoms with Crippen molar-refractivity contribution in [1.29, 1.82) is 0 Å². The van der Waals surface area contributed by atoms with Crippen LogP contribution in [0.1, 0.15) is 58.2 Å². The first-order chi connectivity index (χ1) is 8.43. The Morgan fingerprint density at radius 1 is 1.00 bits per heavy atom. The molecule has 0 heterocycles. The second-order valence-corrected chi connectivity index (χ2v) is 7.09. The number of carboxylic acids is 1. The van der Waals surface area contributed by atoms with E-state index in [-0.39, 0.29) is 23.0 Å². The quantitative estimate of drug-likeness (QED) is 0.857. The van der Waals surface area contributed by atoms with Crippen LogP contribution in [0.2, 0.25) is 0 Å². The third-order valence-corrected chi connectivity index (χ3v) is 3.18. The Bertz CT molecular complexity index is 453. The summed E-state index contributed by atoms with van der Waals surface area (Å²) in [5, 5.41) is 19.1. The van der Waals surface area contributed by atoms with E-state index in [1.54, 1.807) is 12.1 Å². The molecule has 19 heavy (non-hydrogen) atoms. The van der Waals surface area contributed by atoms with Crippen LogP contribution >= 0.6 is 0 Å². The summed E-state index contributed by atoms with van der Waals surface area (Å²) in [6.45, 7) is 12.2. The summed E-state index contributed by atoms with van der Waals surface area (Å²) in [5.41, 5.74) is 2.22. The summed E-state index contributed by atoms with van der Waals surface area (Å²) in [4.78, 5) is 11.1. The summed E-state index contributed by atoms with van der Waals surface area (Å²) in [6.07, 6.45) is -0.0144. The predicted molar refractivity (Wildman–Crippen MR) is 76.8 cm³/mol. The molecule has 0 aromatic heterocycles. The minimum absolute atomic E-state index is 0.0144. The summed E-state index contributed by atoms with van der Waals surface area (Å²) in [5.74, 6) is -0.648. The number of phenolic OH excluding ortho intramolecular Hbond substituents is 1. The standard InChI is InChI=1S/C16H24O3/c1-15(2,3)12-7-10(17)8-13(16(4,5)6)11(12)9-14(18)19/h7-8,17H,9H2,1-6H3,(H,18,19). The van der Waals surface area contributed by atoms with Crippen LogP contribution in [-0.2, 0) is 22.0 Å². The van der Waals surface area contributed by atoms with E-state index < -0.39 is 5.97 Å². The van der Waals surface area contributed by atoms with Gasteiger partial charge >= 0.3 is 5.97 Å². The lowest BCUT2D eigenvalue weighted by atomic mass is 9.75. The Labute approximate surface area is 115 Å². The number of hydrogen-bond donors (Lipinski definition) is 2. The summed E-state index contributed by atoms with van der Waals surface area (Å²) in [6, 6.07) is 3.38. The first-order valence-electron chi connectivity index (χ1n) is 6.51. The highest BCUT2D eigenvalue weighted by Crippen LogP contribution is 2.37. The maximum Gasteiger partial charge on any atom is 0.307 e. The van der Waals surface area contributed by atoms with E-state index in [1.807, 2.05) is 41.5 Å². The third kappa shape index (κ3) is 3.72. The molecule has 3 heteroatoms. The molecule has 0 atom stereocenters. The number of hydrogen-bond acceptors (Lipinski definition) is 2. The van der Waals surface area contributed by atoms with Crippen LogP contribution in [0.5, 0.6) is 5.75 Å². The molecular weight excluding hydrogens is 240 g/mol. The van der Waals surface area contributed by atoms with Crippen molar-refractivity contribution in [1.82, 2.24) is 0 Å². The number of benzene rings is 1. The molecule has 106 valence electrons. The van der Waals surface area contributed by atoms with Gasteiger partial charge in [0.15, 0.2) is 0 Å². The molecule has 0 spiro atoms. The van der Waals surface area contributed by atoms with Crippen molar-refractivity contribution in [3.05, 3.63) is 28.8 Å². The van der Waals surface area contributed by atoms with Gasteiger partial charge in [0.25, 0.3) is 0 Å². The Morgan fingerprint density at radius 2 is 1.37 bits per heavy atom. The Morgan fingerprint density at radius 3 is 1.63 bits per heavy atom. The number of rotatable bonds is 2. The van der Waals surface area contributed by atoms with Crippen molar-refractivity contribution in [3.63, 3.8) is 0 Å². The highest BCUT2D eigenvalue weighted by Gasteiger charge is 2.27. The number of aliphatic carboxylic acids is 1. The Hall–Kier alpha value is -1.51. The van der Waals surface area contributed by atoms with Gasteiger partial charge in [-0.1, -0.05) is 41.5 Å². The molecule has 0 radical (unpaired) electrons. The molecule has 1 aromatic rings. The zero-order valence-electron chi connectivity index (χ0n) is 12.7. The van der Waals surface area contributed by atoms with E-state index in [1.165, 1.54) is 0 Å². The minimum Gasteiger partial charge on any atom is -0.508 e. The zero-order valence-corrected chi connectivity index (χ0v) is 12.7. The predicted octanol–water partition coefficient (Wildman–Crippen LogP) is 3.61. The number of carbonyl (C=O) groups is 1. The first-order valence-corrected chi connectivity index (χ1v) is 6.51. The van der Waals surface area contributed by atoms with E-state index in [2.05, 4.69) is 0 Å². The molecule has 2 N–H and O–H groups in total. The largest absolute Gasteiger partial charge is 0.508 e. The molecule has 0 aliphatic rings. The summed E-state index contributed by atoms with van der Waals surface area (Å²) in [7, 11) is 0. The molecule has 0 fully saturated rings. The van der Waals surface area contributed by atoms with Gasteiger partial charge in [-0.3, -0.25) is 4.79 Å². The zero-order chi connectivity index (χ0) is 15.0. The van der Waals surface area contributed by atoms with Crippen molar-refractivity contribution in [2.45, 2.75) is 58.8 Å². The lowest BCUT2D eigenvalue weighted by Gasteiger charge is -2.30. The van der Waals surface area contributed by atoms with Gasteiger partial charge in [0.1, 0.15) is 5.75 Å². The molecule has 0 bridgehead atoms. The molecule has 0 saturated heterocycles. The third-order valence-electron chi connectivity index (χ3n) is 3.18. The lowest BCUT2D eigenvalue weighted by molar-refractivity contribution is -0.136. The fourth-order valence-electron chi connectivity index (χ4n) is 2.34. The number of phenols is 1. The van der Waals surface area contributed by atoms with E-state index in [9.17, 15) is 9.90 Å². The van der Waals surface area contributed by atoms with Crippen LogP contribution in [0.25, 0.3) is 0 Å². The minimum atomic E-state index is -0.846. The Balaban J connectivity index is 3.63. The summed E-state index contributed by atoms with van der Waals surface area (Å²) >= 11 is 0. The molecule has 0 saturated carbocycles. The van der Waals surface area contributed by atoms with Crippen LogP contribution in [-0.4, -0.2) is 16.2 Å². The molecule has 1 rings (SSSR count). The molecular formula is C16H24O3. The van der Waals surface area contributed by atoms with Crippen LogP contribution in [0.15, 0.2) is 12.1 Å². The van der Waals surface area contributed by atoms with Gasteiger partial charge in [0.05, 0.1) is 6.42 Å². The van der Waals surface area contributed by atoms with Gasteiger partial charge in [0.2, 0.25) is 0 Å². The van der Waals surface area contributed by atoms with Crippen molar-refractivity contribution in [3.8, 4) is 5.75 Å². The Kier molecular flexibility index (Phi) is 3.99. The van der Waals surface area contributed by atoms with Gasteiger partial charge in [-0.05, 0) is 39.7 Å². The van der Waals surface area contributed by atoms with E-state index >= 15 is 0 Å². The fourth-order valence-corrected chi connectivity index (χ4v) is 2.34. The van der Waals surface area contributed by atoms with Gasteiger partial charge in [-0.2, -0.15) is 0 Å². The lowest BCUT2D eigenvalue weighted by Crippen LogP contribution is -2.22. The molecule has 0 unspecified atom stereocenters. The maximum absolute atomic E-state index is 11.1. The van der Waals surface area contributed by atoms with Crippen LogP contribution < -0.4 is 0 Å². The SMILES string of the molecule is CC(C)(C)c1cc(O)cc(C(C)(C)C)c1CC(=O)O. The van der Waals surface area contributed by atoms with Gasteiger partial charge < -0.3 is 10.2 Å². The normalized spacial score (nSPS) is 12.5.